The number of hydrogen-bond acceptors (Lipinski definition) is 6. The zero-order chi connectivity index (χ0) is 13.9. The first kappa shape index (κ1) is 12.7. The zero-order valence-electron chi connectivity index (χ0n) is 10.9. The van der Waals surface area contributed by atoms with Crippen molar-refractivity contribution < 1.29 is 9.26 Å². The standard InChI is InChI=1S/C14H13N3O2S/c1-2-18-10-5-3-4-9(8-10)13-16-14(19-17-13)11-6-7-20-12(11)15/h3-8H,2,15H2,1H3. The molecule has 2 heterocycles. The molecule has 0 atom stereocenters. The summed E-state index contributed by atoms with van der Waals surface area (Å²) in [5, 5.41) is 6.55. The van der Waals surface area contributed by atoms with Crippen molar-refractivity contribution in [3.8, 4) is 28.6 Å². The molecule has 102 valence electrons. The van der Waals surface area contributed by atoms with Crippen molar-refractivity contribution in [2.24, 2.45) is 0 Å². The van der Waals surface area contributed by atoms with Gasteiger partial charge in [-0.1, -0.05) is 17.3 Å². The molecule has 0 spiro atoms. The molecule has 0 amide bonds. The molecule has 0 radical (unpaired) electrons. The highest BCUT2D eigenvalue weighted by Crippen LogP contribution is 2.31. The lowest BCUT2D eigenvalue weighted by molar-refractivity contribution is 0.340. The zero-order valence-corrected chi connectivity index (χ0v) is 11.7. The van der Waals surface area contributed by atoms with Crippen LogP contribution in [-0.2, 0) is 0 Å². The van der Waals surface area contributed by atoms with E-state index in [1.165, 1.54) is 11.3 Å². The molecule has 0 aliphatic rings. The summed E-state index contributed by atoms with van der Waals surface area (Å²) in [5.41, 5.74) is 7.47. The van der Waals surface area contributed by atoms with E-state index in [4.69, 9.17) is 15.0 Å². The minimum Gasteiger partial charge on any atom is -0.494 e. The van der Waals surface area contributed by atoms with E-state index in [9.17, 15) is 0 Å². The summed E-state index contributed by atoms with van der Waals surface area (Å²) in [5.74, 6) is 1.74. The third-order valence-corrected chi connectivity index (χ3v) is 3.50. The monoisotopic (exact) mass is 287 g/mol. The number of thiophene rings is 1. The molecule has 3 rings (SSSR count). The second-order valence-electron chi connectivity index (χ2n) is 4.08. The van der Waals surface area contributed by atoms with E-state index in [1.54, 1.807) is 0 Å². The van der Waals surface area contributed by atoms with E-state index in [0.29, 0.717) is 23.3 Å². The molecule has 0 aliphatic heterocycles. The van der Waals surface area contributed by atoms with Crippen LogP contribution in [0.3, 0.4) is 0 Å². The topological polar surface area (TPSA) is 74.2 Å². The highest BCUT2D eigenvalue weighted by Gasteiger charge is 2.14. The van der Waals surface area contributed by atoms with Gasteiger partial charge in [0.2, 0.25) is 5.82 Å². The first-order valence-electron chi connectivity index (χ1n) is 6.18. The van der Waals surface area contributed by atoms with E-state index >= 15 is 0 Å². The summed E-state index contributed by atoms with van der Waals surface area (Å²) in [7, 11) is 0. The number of nitrogens with zero attached hydrogens (tertiary/aromatic N) is 2. The van der Waals surface area contributed by atoms with Gasteiger partial charge in [0.05, 0.1) is 17.2 Å². The van der Waals surface area contributed by atoms with Gasteiger partial charge in [0.1, 0.15) is 5.75 Å². The van der Waals surface area contributed by atoms with Crippen LogP contribution in [0.25, 0.3) is 22.8 Å². The van der Waals surface area contributed by atoms with Crippen LogP contribution < -0.4 is 10.5 Å². The average molecular weight is 287 g/mol. The first-order valence-corrected chi connectivity index (χ1v) is 7.06. The summed E-state index contributed by atoms with van der Waals surface area (Å²) in [6, 6.07) is 9.46. The van der Waals surface area contributed by atoms with Gasteiger partial charge < -0.3 is 15.0 Å². The minimum atomic E-state index is 0.431. The molecular weight excluding hydrogens is 274 g/mol. The number of hydrogen-bond donors (Lipinski definition) is 1. The molecule has 2 aromatic heterocycles. The average Bonchev–Trinajstić information content (AvgIpc) is 3.08. The van der Waals surface area contributed by atoms with E-state index in [0.717, 1.165) is 16.9 Å². The summed E-state index contributed by atoms with van der Waals surface area (Å²) < 4.78 is 10.7. The molecule has 5 nitrogen and oxygen atoms in total. The van der Waals surface area contributed by atoms with Gasteiger partial charge in [0, 0.05) is 5.56 Å². The molecule has 3 aromatic rings. The predicted octanol–water partition coefficient (Wildman–Crippen LogP) is 3.45. The molecule has 0 saturated carbocycles. The van der Waals surface area contributed by atoms with Crippen LogP contribution in [0.5, 0.6) is 5.75 Å². The Bertz CT molecular complexity index is 721. The third-order valence-electron chi connectivity index (χ3n) is 2.75. The van der Waals surface area contributed by atoms with Crippen LogP contribution in [0, 0.1) is 0 Å². The van der Waals surface area contributed by atoms with Crippen molar-refractivity contribution in [1.29, 1.82) is 0 Å². The number of ether oxygens (including phenoxy) is 1. The minimum absolute atomic E-state index is 0.431. The van der Waals surface area contributed by atoms with Crippen molar-refractivity contribution in [3.63, 3.8) is 0 Å². The van der Waals surface area contributed by atoms with Gasteiger partial charge in [0.25, 0.3) is 5.89 Å². The van der Waals surface area contributed by atoms with Gasteiger partial charge in [-0.25, -0.2) is 0 Å². The van der Waals surface area contributed by atoms with Crippen LogP contribution >= 0.6 is 11.3 Å². The number of nitrogen functional groups attached to an aromatic ring is 1. The maximum atomic E-state index is 5.85. The molecule has 0 aliphatic carbocycles. The number of aromatic nitrogens is 2. The lowest BCUT2D eigenvalue weighted by Crippen LogP contribution is -1.91. The van der Waals surface area contributed by atoms with Gasteiger partial charge in [-0.15, -0.1) is 11.3 Å². The van der Waals surface area contributed by atoms with E-state index in [2.05, 4.69) is 10.1 Å². The molecule has 2 N–H and O–H groups in total. The second kappa shape index (κ2) is 5.34. The van der Waals surface area contributed by atoms with Gasteiger partial charge in [-0.05, 0) is 30.5 Å². The molecule has 20 heavy (non-hydrogen) atoms. The lowest BCUT2D eigenvalue weighted by Gasteiger charge is -2.02. The Balaban J connectivity index is 1.94. The molecular formula is C14H13N3O2S. The molecule has 6 heteroatoms. The Morgan fingerprint density at radius 2 is 2.25 bits per heavy atom. The number of anilines is 1. The predicted molar refractivity (Wildman–Crippen MR) is 78.6 cm³/mol. The van der Waals surface area contributed by atoms with Gasteiger partial charge in [-0.3, -0.25) is 0 Å². The molecule has 1 aromatic carbocycles. The molecule has 0 fully saturated rings. The maximum Gasteiger partial charge on any atom is 0.261 e. The Kier molecular flexibility index (Phi) is 3.39. The Morgan fingerprint density at radius 3 is 3.00 bits per heavy atom. The van der Waals surface area contributed by atoms with Gasteiger partial charge in [-0.2, -0.15) is 4.98 Å². The number of nitrogens with two attached hydrogens (primary N) is 1. The number of benzene rings is 1. The highest BCUT2D eigenvalue weighted by molar-refractivity contribution is 7.14. The largest absolute Gasteiger partial charge is 0.494 e. The Hall–Kier alpha value is -2.34. The fraction of sp³-hybridized carbons (Fsp3) is 0.143. The lowest BCUT2D eigenvalue weighted by atomic mass is 10.2. The Morgan fingerprint density at radius 1 is 1.35 bits per heavy atom. The van der Waals surface area contributed by atoms with Crippen LogP contribution in [0.15, 0.2) is 40.2 Å². The number of rotatable bonds is 4. The van der Waals surface area contributed by atoms with E-state index < -0.39 is 0 Å². The van der Waals surface area contributed by atoms with Crippen LogP contribution in [-0.4, -0.2) is 16.7 Å². The molecule has 0 saturated heterocycles. The van der Waals surface area contributed by atoms with Crippen molar-refractivity contribution in [2.45, 2.75) is 6.92 Å². The highest BCUT2D eigenvalue weighted by atomic mass is 32.1. The van der Waals surface area contributed by atoms with E-state index in [-0.39, 0.29) is 0 Å². The quantitative estimate of drug-likeness (QED) is 0.795. The normalized spacial score (nSPS) is 10.7. The smallest absolute Gasteiger partial charge is 0.261 e. The van der Waals surface area contributed by atoms with Crippen molar-refractivity contribution in [1.82, 2.24) is 10.1 Å². The SMILES string of the molecule is CCOc1cccc(-c2noc(-c3ccsc3N)n2)c1. The summed E-state index contributed by atoms with van der Waals surface area (Å²) >= 11 is 1.44. The second-order valence-corrected chi connectivity index (χ2v) is 5.03. The van der Waals surface area contributed by atoms with Crippen molar-refractivity contribution >= 4 is 16.3 Å². The maximum absolute atomic E-state index is 5.85. The Labute approximate surface area is 120 Å². The van der Waals surface area contributed by atoms with Gasteiger partial charge >= 0.3 is 0 Å². The van der Waals surface area contributed by atoms with Crippen molar-refractivity contribution in [2.75, 3.05) is 12.3 Å². The van der Waals surface area contributed by atoms with Crippen LogP contribution in [0.2, 0.25) is 0 Å². The van der Waals surface area contributed by atoms with Crippen LogP contribution in [0.1, 0.15) is 6.92 Å². The fourth-order valence-electron chi connectivity index (χ4n) is 1.84. The summed E-state index contributed by atoms with van der Waals surface area (Å²) in [4.78, 5) is 4.38. The summed E-state index contributed by atoms with van der Waals surface area (Å²) in [6.45, 7) is 2.56. The van der Waals surface area contributed by atoms with Crippen LogP contribution in [0.4, 0.5) is 5.00 Å². The first-order chi connectivity index (χ1) is 9.78. The van der Waals surface area contributed by atoms with Crippen molar-refractivity contribution in [3.05, 3.63) is 35.7 Å². The summed E-state index contributed by atoms with van der Waals surface area (Å²) in [6.07, 6.45) is 0. The van der Waals surface area contributed by atoms with Gasteiger partial charge in [0.15, 0.2) is 0 Å². The fourth-order valence-corrected chi connectivity index (χ4v) is 2.47. The molecule has 0 unspecified atom stereocenters. The third kappa shape index (κ3) is 2.37. The molecule has 0 bridgehead atoms. The van der Waals surface area contributed by atoms with E-state index in [1.807, 2.05) is 42.6 Å².